The maximum Gasteiger partial charge on any atom is 0.417 e. The number of thiocarbonyl (C=S) groups is 1. The van der Waals surface area contributed by atoms with Crippen molar-refractivity contribution < 1.29 is 22.7 Å². The van der Waals surface area contributed by atoms with Crippen LogP contribution in [0.1, 0.15) is 11.1 Å². The molecule has 1 unspecified atom stereocenters. The molecule has 0 heterocycles. The van der Waals surface area contributed by atoms with E-state index in [1.165, 1.54) is 6.07 Å². The monoisotopic (exact) mass is 411 g/mol. The first-order chi connectivity index (χ1) is 13.2. The van der Waals surface area contributed by atoms with Gasteiger partial charge < -0.3 is 20.7 Å². The summed E-state index contributed by atoms with van der Waals surface area (Å²) in [7, 11) is 1.56. The van der Waals surface area contributed by atoms with E-state index in [4.69, 9.17) is 17.0 Å². The van der Waals surface area contributed by atoms with Crippen LogP contribution < -0.4 is 16.0 Å². The molecule has 0 spiro atoms. The number of alkyl halides is 3. The number of benzene rings is 2. The van der Waals surface area contributed by atoms with Crippen molar-refractivity contribution in [3.8, 4) is 0 Å². The Hall–Kier alpha value is -2.65. The van der Waals surface area contributed by atoms with Crippen LogP contribution in [0.2, 0.25) is 0 Å². The van der Waals surface area contributed by atoms with Crippen LogP contribution in [0.15, 0.2) is 48.5 Å². The molecule has 3 N–H and O–H groups in total. The SMILES string of the molecule is COCc1ccc(NC(=S)NC(C(=O)Nc2ccccc2C)C(F)(F)F)cc1. The van der Waals surface area contributed by atoms with E-state index in [1.807, 2.05) is 5.32 Å². The molecule has 28 heavy (non-hydrogen) atoms. The number of nitrogens with one attached hydrogen (secondary N) is 3. The number of hydrogen-bond acceptors (Lipinski definition) is 3. The highest BCUT2D eigenvalue weighted by atomic mass is 32.1. The number of anilines is 2. The van der Waals surface area contributed by atoms with Crippen LogP contribution in [0.25, 0.3) is 0 Å². The molecule has 0 aromatic heterocycles. The Balaban J connectivity index is 2.05. The Bertz CT molecular complexity index is 826. The summed E-state index contributed by atoms with van der Waals surface area (Å²) in [4.78, 5) is 12.2. The van der Waals surface area contributed by atoms with Crippen LogP contribution in [0.4, 0.5) is 24.5 Å². The van der Waals surface area contributed by atoms with Gasteiger partial charge >= 0.3 is 6.18 Å². The average Bonchev–Trinajstić information content (AvgIpc) is 2.62. The van der Waals surface area contributed by atoms with E-state index in [1.54, 1.807) is 56.5 Å². The van der Waals surface area contributed by atoms with Crippen LogP contribution >= 0.6 is 12.2 Å². The maximum absolute atomic E-state index is 13.4. The number of carbonyl (C=O) groups is 1. The third-order valence-corrected chi connectivity index (χ3v) is 4.01. The summed E-state index contributed by atoms with van der Waals surface area (Å²) in [6.45, 7) is 2.10. The van der Waals surface area contributed by atoms with Crippen LogP contribution in [0.3, 0.4) is 0 Å². The largest absolute Gasteiger partial charge is 0.417 e. The average molecular weight is 411 g/mol. The molecule has 0 radical (unpaired) electrons. The number of halogens is 3. The summed E-state index contributed by atoms with van der Waals surface area (Å²) in [6.07, 6.45) is -4.83. The number of aryl methyl sites for hydroxylation is 1. The van der Waals surface area contributed by atoms with Crippen LogP contribution in [-0.4, -0.2) is 30.3 Å². The first-order valence-corrected chi connectivity index (χ1v) is 8.70. The van der Waals surface area contributed by atoms with Gasteiger partial charge in [-0.3, -0.25) is 4.79 Å². The molecule has 5 nitrogen and oxygen atoms in total. The Morgan fingerprint density at radius 1 is 1.11 bits per heavy atom. The van der Waals surface area contributed by atoms with Gasteiger partial charge in [-0.2, -0.15) is 13.2 Å². The number of para-hydroxylation sites is 1. The molecule has 0 aliphatic heterocycles. The smallest absolute Gasteiger partial charge is 0.380 e. The lowest BCUT2D eigenvalue weighted by Gasteiger charge is -2.23. The minimum Gasteiger partial charge on any atom is -0.380 e. The number of amides is 1. The Kier molecular flexibility index (Phi) is 7.36. The molecule has 2 aromatic rings. The Labute approximate surface area is 166 Å². The highest BCUT2D eigenvalue weighted by Gasteiger charge is 2.45. The van der Waals surface area contributed by atoms with Crippen molar-refractivity contribution in [1.29, 1.82) is 0 Å². The zero-order chi connectivity index (χ0) is 20.7. The standard InChI is InChI=1S/C19H20F3N3O2S/c1-12-5-3-4-6-15(12)24-17(26)16(19(20,21)22)25-18(28)23-14-9-7-13(8-10-14)11-27-2/h3-10,16H,11H2,1-2H3,(H,24,26)(H2,23,25,28). The summed E-state index contributed by atoms with van der Waals surface area (Å²) < 4.78 is 45.2. The lowest BCUT2D eigenvalue weighted by molar-refractivity contribution is -0.162. The van der Waals surface area contributed by atoms with Crippen molar-refractivity contribution in [2.24, 2.45) is 0 Å². The summed E-state index contributed by atoms with van der Waals surface area (Å²) in [5.41, 5.74) is 2.33. The van der Waals surface area contributed by atoms with Gasteiger partial charge in [0.15, 0.2) is 5.11 Å². The molecule has 0 fully saturated rings. The van der Waals surface area contributed by atoms with Gasteiger partial charge in [0.05, 0.1) is 6.61 Å². The van der Waals surface area contributed by atoms with E-state index in [9.17, 15) is 18.0 Å². The van der Waals surface area contributed by atoms with Gasteiger partial charge in [0, 0.05) is 18.5 Å². The van der Waals surface area contributed by atoms with Gasteiger partial charge in [-0.1, -0.05) is 30.3 Å². The molecule has 0 aliphatic rings. The highest BCUT2D eigenvalue weighted by molar-refractivity contribution is 7.80. The Morgan fingerprint density at radius 2 is 1.75 bits per heavy atom. The van der Waals surface area contributed by atoms with Gasteiger partial charge in [0.1, 0.15) is 0 Å². The van der Waals surface area contributed by atoms with Crippen molar-refractivity contribution in [3.05, 3.63) is 59.7 Å². The summed E-state index contributed by atoms with van der Waals surface area (Å²) in [5.74, 6) is -1.25. The zero-order valence-corrected chi connectivity index (χ0v) is 16.1. The second-order valence-electron chi connectivity index (χ2n) is 6.01. The molecule has 150 valence electrons. The van der Waals surface area contributed by atoms with Gasteiger partial charge in [0.25, 0.3) is 5.91 Å². The van der Waals surface area contributed by atoms with E-state index in [-0.39, 0.29) is 5.11 Å². The van der Waals surface area contributed by atoms with Gasteiger partial charge in [-0.05, 0) is 48.5 Å². The van der Waals surface area contributed by atoms with Crippen molar-refractivity contribution in [3.63, 3.8) is 0 Å². The minimum atomic E-state index is -4.83. The van der Waals surface area contributed by atoms with Crippen molar-refractivity contribution in [2.75, 3.05) is 17.7 Å². The second-order valence-corrected chi connectivity index (χ2v) is 6.42. The summed E-state index contributed by atoms with van der Waals surface area (Å²) in [6, 6.07) is 10.9. The number of hydrogen-bond donors (Lipinski definition) is 3. The van der Waals surface area contributed by atoms with E-state index in [0.717, 1.165) is 5.56 Å². The molecule has 0 bridgehead atoms. The van der Waals surface area contributed by atoms with Crippen LogP contribution in [0.5, 0.6) is 0 Å². The quantitative estimate of drug-likeness (QED) is 0.628. The zero-order valence-electron chi connectivity index (χ0n) is 15.3. The van der Waals surface area contributed by atoms with Crippen LogP contribution in [-0.2, 0) is 16.1 Å². The Morgan fingerprint density at radius 3 is 2.32 bits per heavy atom. The molecule has 0 saturated carbocycles. The second kappa shape index (κ2) is 9.52. The number of carbonyl (C=O) groups excluding carboxylic acids is 1. The third kappa shape index (κ3) is 6.21. The van der Waals surface area contributed by atoms with E-state index in [0.29, 0.717) is 23.5 Å². The molecule has 9 heteroatoms. The highest BCUT2D eigenvalue weighted by Crippen LogP contribution is 2.23. The number of methoxy groups -OCH3 is 1. The molecule has 2 aromatic carbocycles. The minimum absolute atomic E-state index is 0.302. The fourth-order valence-corrected chi connectivity index (χ4v) is 2.60. The third-order valence-electron chi connectivity index (χ3n) is 3.79. The molecular formula is C19H20F3N3O2S. The van der Waals surface area contributed by atoms with Crippen LogP contribution in [0, 0.1) is 6.92 Å². The number of ether oxygens (including phenoxy) is 1. The van der Waals surface area contributed by atoms with Gasteiger partial charge in [-0.25, -0.2) is 0 Å². The lowest BCUT2D eigenvalue weighted by Crippen LogP contribution is -2.54. The van der Waals surface area contributed by atoms with Gasteiger partial charge in [0.2, 0.25) is 6.04 Å². The fourth-order valence-electron chi connectivity index (χ4n) is 2.36. The predicted molar refractivity (Wildman–Crippen MR) is 106 cm³/mol. The lowest BCUT2D eigenvalue weighted by atomic mass is 10.2. The predicted octanol–water partition coefficient (Wildman–Crippen LogP) is 4.00. The number of rotatable bonds is 6. The molecular weight excluding hydrogens is 391 g/mol. The van der Waals surface area contributed by atoms with E-state index in [2.05, 4.69) is 10.6 Å². The molecule has 1 amide bonds. The van der Waals surface area contributed by atoms with Crippen molar-refractivity contribution in [2.45, 2.75) is 25.7 Å². The van der Waals surface area contributed by atoms with Gasteiger partial charge in [-0.15, -0.1) is 0 Å². The molecule has 0 aliphatic carbocycles. The van der Waals surface area contributed by atoms with Crippen molar-refractivity contribution in [1.82, 2.24) is 5.32 Å². The molecule has 2 rings (SSSR count). The normalized spacial score (nSPS) is 12.2. The molecule has 1 atom stereocenters. The van der Waals surface area contributed by atoms with E-state index < -0.39 is 18.1 Å². The van der Waals surface area contributed by atoms with E-state index >= 15 is 0 Å². The topological polar surface area (TPSA) is 62.4 Å². The first-order valence-electron chi connectivity index (χ1n) is 8.29. The summed E-state index contributed by atoms with van der Waals surface area (Å²) in [5, 5.41) is 6.65. The summed E-state index contributed by atoms with van der Waals surface area (Å²) >= 11 is 4.95. The molecule has 0 saturated heterocycles. The van der Waals surface area contributed by atoms with Crippen molar-refractivity contribution >= 4 is 34.6 Å². The fraction of sp³-hybridized carbons (Fsp3) is 0.263. The maximum atomic E-state index is 13.4. The first kappa shape index (κ1) is 21.6.